The maximum atomic E-state index is 12.7. The highest BCUT2D eigenvalue weighted by molar-refractivity contribution is 5.94. The number of hydrogen-bond donors (Lipinski definition) is 1. The van der Waals surface area contributed by atoms with Crippen molar-refractivity contribution in [3.63, 3.8) is 0 Å². The van der Waals surface area contributed by atoms with Crippen LogP contribution in [0.2, 0.25) is 0 Å². The van der Waals surface area contributed by atoms with Gasteiger partial charge in [-0.15, -0.1) is 0 Å². The first kappa shape index (κ1) is 19.4. The van der Waals surface area contributed by atoms with Crippen LogP contribution in [0.1, 0.15) is 54.6 Å². The Labute approximate surface area is 161 Å². The Balaban J connectivity index is 1.52. The molecule has 1 saturated heterocycles. The first-order valence-electron chi connectivity index (χ1n) is 9.94. The summed E-state index contributed by atoms with van der Waals surface area (Å²) in [6, 6.07) is 17.2. The van der Waals surface area contributed by atoms with Crippen LogP contribution in [0.25, 0.3) is 0 Å². The van der Waals surface area contributed by atoms with Crippen LogP contribution in [0.5, 0.6) is 5.75 Å². The van der Waals surface area contributed by atoms with Gasteiger partial charge in [-0.05, 0) is 55.0 Å². The predicted molar refractivity (Wildman–Crippen MR) is 107 cm³/mol. The van der Waals surface area contributed by atoms with Crippen LogP contribution < -0.4 is 4.74 Å². The predicted octanol–water partition coefficient (Wildman–Crippen LogP) is 4.45. The Hall–Kier alpha value is -2.33. The standard InChI is InChI=1S/C23H29NO3/c1-2-3-17-27-21-11-9-20(10-12-21)23(26)24-15-13-19(14-16-24)22(25)18-7-5-4-6-8-18/h4-12,19,22,25H,2-3,13-17H2,1H3. The van der Waals surface area contributed by atoms with Gasteiger partial charge in [0.1, 0.15) is 5.75 Å². The lowest BCUT2D eigenvalue weighted by atomic mass is 9.87. The van der Waals surface area contributed by atoms with Gasteiger partial charge in [-0.25, -0.2) is 0 Å². The number of carbonyl (C=O) groups is 1. The maximum Gasteiger partial charge on any atom is 0.253 e. The smallest absolute Gasteiger partial charge is 0.253 e. The van der Waals surface area contributed by atoms with E-state index in [9.17, 15) is 9.90 Å². The summed E-state index contributed by atoms with van der Waals surface area (Å²) in [5.74, 6) is 1.07. The third-order valence-corrected chi connectivity index (χ3v) is 5.28. The lowest BCUT2D eigenvalue weighted by Crippen LogP contribution is -2.39. The van der Waals surface area contributed by atoms with Crippen LogP contribution >= 0.6 is 0 Å². The van der Waals surface area contributed by atoms with Crippen molar-refractivity contribution in [1.82, 2.24) is 4.90 Å². The van der Waals surface area contributed by atoms with Gasteiger partial charge in [0.05, 0.1) is 12.7 Å². The Morgan fingerprint density at radius 3 is 2.41 bits per heavy atom. The number of benzene rings is 2. The molecule has 1 N–H and O–H groups in total. The van der Waals surface area contributed by atoms with Crippen LogP contribution in [-0.4, -0.2) is 35.6 Å². The summed E-state index contributed by atoms with van der Waals surface area (Å²) in [5, 5.41) is 10.6. The van der Waals surface area contributed by atoms with Crippen molar-refractivity contribution in [1.29, 1.82) is 0 Å². The fourth-order valence-electron chi connectivity index (χ4n) is 3.55. The number of unbranched alkanes of at least 4 members (excludes halogenated alkanes) is 1. The fraction of sp³-hybridized carbons (Fsp3) is 0.435. The zero-order valence-electron chi connectivity index (χ0n) is 16.0. The maximum absolute atomic E-state index is 12.7. The van der Waals surface area contributed by atoms with Crippen LogP contribution in [-0.2, 0) is 0 Å². The minimum atomic E-state index is -0.456. The second-order valence-corrected chi connectivity index (χ2v) is 7.21. The number of rotatable bonds is 7. The van der Waals surface area contributed by atoms with E-state index in [1.54, 1.807) is 0 Å². The lowest BCUT2D eigenvalue weighted by Gasteiger charge is -2.34. The molecule has 4 nitrogen and oxygen atoms in total. The van der Waals surface area contributed by atoms with E-state index >= 15 is 0 Å². The van der Waals surface area contributed by atoms with Gasteiger partial charge in [-0.3, -0.25) is 4.79 Å². The van der Waals surface area contributed by atoms with E-state index in [2.05, 4.69) is 6.92 Å². The normalized spacial score (nSPS) is 16.1. The average molecular weight is 367 g/mol. The van der Waals surface area contributed by atoms with E-state index in [4.69, 9.17) is 4.74 Å². The highest BCUT2D eigenvalue weighted by Gasteiger charge is 2.28. The largest absolute Gasteiger partial charge is 0.494 e. The van der Waals surface area contributed by atoms with Crippen LogP contribution in [0.3, 0.4) is 0 Å². The molecule has 3 rings (SSSR count). The number of aliphatic hydroxyl groups is 1. The highest BCUT2D eigenvalue weighted by Crippen LogP contribution is 2.31. The third kappa shape index (κ3) is 5.10. The van der Waals surface area contributed by atoms with Gasteiger partial charge >= 0.3 is 0 Å². The molecule has 0 radical (unpaired) electrons. The number of hydrogen-bond acceptors (Lipinski definition) is 3. The minimum Gasteiger partial charge on any atom is -0.494 e. The highest BCUT2D eigenvalue weighted by atomic mass is 16.5. The summed E-state index contributed by atoms with van der Waals surface area (Å²) in [6.07, 6.45) is 3.32. The molecule has 1 aliphatic rings. The summed E-state index contributed by atoms with van der Waals surface area (Å²) in [7, 11) is 0. The van der Waals surface area contributed by atoms with Gasteiger partial charge in [0.2, 0.25) is 0 Å². The van der Waals surface area contributed by atoms with Crippen molar-refractivity contribution < 1.29 is 14.6 Å². The number of piperidine rings is 1. The molecule has 1 amide bonds. The molecule has 27 heavy (non-hydrogen) atoms. The molecule has 0 aliphatic carbocycles. The van der Waals surface area contributed by atoms with Gasteiger partial charge in [-0.1, -0.05) is 43.7 Å². The Morgan fingerprint density at radius 1 is 1.11 bits per heavy atom. The van der Waals surface area contributed by atoms with Crippen molar-refractivity contribution in [3.8, 4) is 5.75 Å². The third-order valence-electron chi connectivity index (χ3n) is 5.28. The zero-order valence-corrected chi connectivity index (χ0v) is 16.0. The van der Waals surface area contributed by atoms with E-state index in [0.29, 0.717) is 25.3 Å². The van der Waals surface area contributed by atoms with Crippen molar-refractivity contribution in [2.45, 2.75) is 38.7 Å². The number of nitrogens with zero attached hydrogens (tertiary/aromatic N) is 1. The second kappa shape index (κ2) is 9.56. The molecule has 2 aromatic carbocycles. The molecule has 1 heterocycles. The first-order valence-corrected chi connectivity index (χ1v) is 9.94. The van der Waals surface area contributed by atoms with Gasteiger partial charge in [-0.2, -0.15) is 0 Å². The summed E-state index contributed by atoms with van der Waals surface area (Å²) >= 11 is 0. The molecule has 4 heteroatoms. The number of ether oxygens (including phenoxy) is 1. The van der Waals surface area contributed by atoms with E-state index in [-0.39, 0.29) is 11.8 Å². The summed E-state index contributed by atoms with van der Waals surface area (Å²) in [5.41, 5.74) is 1.65. The van der Waals surface area contributed by atoms with Crippen molar-refractivity contribution in [2.24, 2.45) is 5.92 Å². The lowest BCUT2D eigenvalue weighted by molar-refractivity contribution is 0.0462. The number of likely N-dealkylation sites (tertiary alicyclic amines) is 1. The molecule has 0 spiro atoms. The Bertz CT molecular complexity index is 706. The SMILES string of the molecule is CCCCOc1ccc(C(=O)N2CCC(C(O)c3ccccc3)CC2)cc1. The molecular formula is C23H29NO3. The average Bonchev–Trinajstić information content (AvgIpc) is 2.74. The van der Waals surface area contributed by atoms with Gasteiger partial charge in [0.25, 0.3) is 5.91 Å². The van der Waals surface area contributed by atoms with Crippen LogP contribution in [0.15, 0.2) is 54.6 Å². The van der Waals surface area contributed by atoms with Crippen molar-refractivity contribution in [3.05, 3.63) is 65.7 Å². The molecule has 1 unspecified atom stereocenters. The van der Waals surface area contributed by atoms with Crippen molar-refractivity contribution in [2.75, 3.05) is 19.7 Å². The number of carbonyl (C=O) groups excluding carboxylic acids is 1. The van der Waals surface area contributed by atoms with Crippen molar-refractivity contribution >= 4 is 5.91 Å². The second-order valence-electron chi connectivity index (χ2n) is 7.21. The summed E-state index contributed by atoms with van der Waals surface area (Å²) in [4.78, 5) is 14.6. The number of aliphatic hydroxyl groups excluding tert-OH is 1. The first-order chi connectivity index (χ1) is 13.2. The van der Waals surface area contributed by atoms with Gasteiger partial charge < -0.3 is 14.7 Å². The van der Waals surface area contributed by atoms with Crippen LogP contribution in [0, 0.1) is 5.92 Å². The van der Waals surface area contributed by atoms with E-state index < -0.39 is 6.10 Å². The van der Waals surface area contributed by atoms with E-state index in [1.807, 2.05) is 59.5 Å². The fourth-order valence-corrected chi connectivity index (χ4v) is 3.55. The zero-order chi connectivity index (χ0) is 19.1. The minimum absolute atomic E-state index is 0.0581. The van der Waals surface area contributed by atoms with Gasteiger partial charge in [0.15, 0.2) is 0 Å². The summed E-state index contributed by atoms with van der Waals surface area (Å²) < 4.78 is 5.66. The summed E-state index contributed by atoms with van der Waals surface area (Å²) in [6.45, 7) is 4.21. The van der Waals surface area contributed by atoms with E-state index in [0.717, 1.165) is 37.0 Å². The Kier molecular flexibility index (Phi) is 6.88. The quantitative estimate of drug-likeness (QED) is 0.736. The molecule has 144 valence electrons. The van der Waals surface area contributed by atoms with E-state index in [1.165, 1.54) is 0 Å². The Morgan fingerprint density at radius 2 is 1.78 bits per heavy atom. The van der Waals surface area contributed by atoms with Crippen LogP contribution in [0.4, 0.5) is 0 Å². The molecule has 0 bridgehead atoms. The molecule has 2 aromatic rings. The molecule has 1 fully saturated rings. The molecule has 1 aliphatic heterocycles. The number of amides is 1. The topological polar surface area (TPSA) is 49.8 Å². The van der Waals surface area contributed by atoms with Gasteiger partial charge in [0, 0.05) is 18.7 Å². The molecular weight excluding hydrogens is 338 g/mol. The molecule has 0 saturated carbocycles. The molecule has 0 aromatic heterocycles. The monoisotopic (exact) mass is 367 g/mol. The molecule has 1 atom stereocenters.